The van der Waals surface area contributed by atoms with E-state index in [1.165, 1.54) is 5.57 Å². The zero-order valence-electron chi connectivity index (χ0n) is 22.9. The first-order valence-corrected chi connectivity index (χ1v) is 14.0. The number of carbonyl (C=O) groups is 1. The Hall–Kier alpha value is -0.910. The smallest absolute Gasteiger partial charge is 0.310 e. The number of fused-ring (bicyclic) bond motifs is 7. The molecule has 4 fully saturated rings. The predicted molar refractivity (Wildman–Crippen MR) is 135 cm³/mol. The van der Waals surface area contributed by atoms with Crippen molar-refractivity contribution in [2.75, 3.05) is 0 Å². The molecule has 35 heavy (non-hydrogen) atoms. The summed E-state index contributed by atoms with van der Waals surface area (Å²) in [6, 6.07) is 0. The zero-order chi connectivity index (χ0) is 26.0. The van der Waals surface area contributed by atoms with Crippen molar-refractivity contribution in [1.82, 2.24) is 0 Å². The average molecular weight is 489 g/mol. The summed E-state index contributed by atoms with van der Waals surface area (Å²) in [5.74, 6) is -0.0660. The topological polar surface area (TPSA) is 98.0 Å². The lowest BCUT2D eigenvalue weighted by molar-refractivity contribution is -0.233. The maximum atomic E-state index is 12.8. The summed E-state index contributed by atoms with van der Waals surface area (Å²) in [5.41, 5.74) is -0.364. The number of aliphatic hydroxyl groups excluding tert-OH is 3. The molecule has 4 saturated carbocycles. The van der Waals surface area contributed by atoms with Crippen molar-refractivity contribution in [2.24, 2.45) is 50.2 Å². The van der Waals surface area contributed by atoms with E-state index >= 15 is 0 Å². The molecule has 5 nitrogen and oxygen atoms in total. The Balaban J connectivity index is 1.61. The van der Waals surface area contributed by atoms with Crippen LogP contribution in [-0.2, 0) is 4.79 Å². The second kappa shape index (κ2) is 7.35. The number of aliphatic hydroxyl groups is 3. The van der Waals surface area contributed by atoms with Gasteiger partial charge in [0, 0.05) is 0 Å². The van der Waals surface area contributed by atoms with E-state index in [0.717, 1.165) is 25.7 Å². The van der Waals surface area contributed by atoms with E-state index in [0.29, 0.717) is 37.5 Å². The quantitative estimate of drug-likeness (QED) is 0.382. The van der Waals surface area contributed by atoms with Crippen LogP contribution in [0.1, 0.15) is 99.8 Å². The Morgan fingerprint density at radius 3 is 2.17 bits per heavy atom. The second-order valence-electron chi connectivity index (χ2n) is 15.3. The lowest BCUT2D eigenvalue weighted by atomic mass is 9.33. The van der Waals surface area contributed by atoms with Gasteiger partial charge in [0.15, 0.2) is 0 Å². The summed E-state index contributed by atoms with van der Waals surface area (Å²) in [6.45, 7) is 15.7. The van der Waals surface area contributed by atoms with Crippen molar-refractivity contribution in [2.45, 2.75) is 118 Å². The molecule has 0 radical (unpaired) electrons. The van der Waals surface area contributed by atoms with Crippen molar-refractivity contribution < 1.29 is 25.2 Å². The van der Waals surface area contributed by atoms with Gasteiger partial charge in [0.1, 0.15) is 0 Å². The molecular formula is C30H48O5. The highest BCUT2D eigenvalue weighted by Gasteiger charge is 2.70. The minimum atomic E-state index is -0.877. The van der Waals surface area contributed by atoms with Crippen LogP contribution in [0.3, 0.4) is 0 Å². The largest absolute Gasteiger partial charge is 0.481 e. The van der Waals surface area contributed by atoms with E-state index in [4.69, 9.17) is 0 Å². The van der Waals surface area contributed by atoms with Gasteiger partial charge < -0.3 is 20.4 Å². The highest BCUT2D eigenvalue weighted by atomic mass is 16.4. The van der Waals surface area contributed by atoms with Gasteiger partial charge >= 0.3 is 5.97 Å². The summed E-state index contributed by atoms with van der Waals surface area (Å²) >= 11 is 0. The molecule has 5 heteroatoms. The highest BCUT2D eigenvalue weighted by molar-refractivity contribution is 5.77. The molecule has 198 valence electrons. The monoisotopic (exact) mass is 488 g/mol. The van der Waals surface area contributed by atoms with E-state index in [2.05, 4.69) is 54.5 Å². The lowest BCUT2D eigenvalue weighted by Gasteiger charge is -2.71. The van der Waals surface area contributed by atoms with E-state index in [1.807, 2.05) is 0 Å². The molecule has 10 unspecified atom stereocenters. The molecule has 0 saturated heterocycles. The molecule has 0 bridgehead atoms. The van der Waals surface area contributed by atoms with Crippen LogP contribution in [0.5, 0.6) is 0 Å². The van der Waals surface area contributed by atoms with Crippen LogP contribution < -0.4 is 0 Å². The minimum Gasteiger partial charge on any atom is -0.481 e. The molecule has 0 aliphatic heterocycles. The van der Waals surface area contributed by atoms with Crippen LogP contribution in [-0.4, -0.2) is 44.7 Å². The van der Waals surface area contributed by atoms with Crippen LogP contribution in [0.15, 0.2) is 11.6 Å². The highest BCUT2D eigenvalue weighted by Crippen LogP contribution is 2.75. The number of aliphatic carboxylic acids is 1. The van der Waals surface area contributed by atoms with Crippen molar-refractivity contribution in [3.8, 4) is 0 Å². The number of carboxylic acid groups (broad SMARTS) is 1. The molecule has 5 aliphatic rings. The Bertz CT molecular complexity index is 952. The summed E-state index contributed by atoms with van der Waals surface area (Å²) in [5, 5.41) is 43.3. The number of allylic oxidation sites excluding steroid dienone is 2. The first-order valence-electron chi connectivity index (χ1n) is 14.0. The second-order valence-corrected chi connectivity index (χ2v) is 15.3. The average Bonchev–Trinajstić information content (AvgIpc) is 2.73. The fourth-order valence-electron chi connectivity index (χ4n) is 10.8. The van der Waals surface area contributed by atoms with Gasteiger partial charge in [-0.3, -0.25) is 4.79 Å². The summed E-state index contributed by atoms with van der Waals surface area (Å²) < 4.78 is 0. The Labute approximate surface area is 211 Å². The van der Waals surface area contributed by atoms with Crippen LogP contribution in [0.2, 0.25) is 0 Å². The maximum Gasteiger partial charge on any atom is 0.310 e. The lowest BCUT2D eigenvalue weighted by Crippen LogP contribution is -2.67. The van der Waals surface area contributed by atoms with Crippen molar-refractivity contribution in [3.63, 3.8) is 0 Å². The van der Waals surface area contributed by atoms with Gasteiger partial charge in [-0.25, -0.2) is 0 Å². The van der Waals surface area contributed by atoms with Crippen molar-refractivity contribution in [1.29, 1.82) is 0 Å². The normalized spacial score (nSPS) is 54.4. The molecule has 0 aromatic rings. The summed E-state index contributed by atoms with van der Waals surface area (Å²) in [6.07, 6.45) is 6.52. The molecule has 0 aromatic carbocycles. The van der Waals surface area contributed by atoms with Gasteiger partial charge in [-0.15, -0.1) is 0 Å². The third kappa shape index (κ3) is 3.01. The van der Waals surface area contributed by atoms with Gasteiger partial charge in [0.25, 0.3) is 0 Å². The van der Waals surface area contributed by atoms with Crippen LogP contribution >= 0.6 is 0 Å². The van der Waals surface area contributed by atoms with Gasteiger partial charge in [0.05, 0.1) is 23.7 Å². The first kappa shape index (κ1) is 25.7. The van der Waals surface area contributed by atoms with Crippen LogP contribution in [0.25, 0.3) is 0 Å². The molecule has 0 aromatic heterocycles. The number of hydrogen-bond acceptors (Lipinski definition) is 4. The molecule has 5 aliphatic carbocycles. The number of hydrogen-bond donors (Lipinski definition) is 4. The van der Waals surface area contributed by atoms with Gasteiger partial charge in [-0.05, 0) is 96.2 Å². The number of rotatable bonds is 1. The predicted octanol–water partition coefficient (Wildman–Crippen LogP) is 5.18. The Morgan fingerprint density at radius 1 is 0.886 bits per heavy atom. The number of carboxylic acids is 1. The van der Waals surface area contributed by atoms with Crippen LogP contribution in [0.4, 0.5) is 0 Å². The maximum absolute atomic E-state index is 12.8. The SMILES string of the molecule is CC1(C)CC2C3=CCC4C5(C)CC(O)C(O)C(C)(C)C5CCC4(C)C3(C)CCC2(C(=O)O)CC1O. The van der Waals surface area contributed by atoms with Gasteiger partial charge in [-0.1, -0.05) is 60.1 Å². The van der Waals surface area contributed by atoms with E-state index < -0.39 is 29.7 Å². The fourth-order valence-corrected chi connectivity index (χ4v) is 10.8. The molecule has 4 N–H and O–H groups in total. The Kier molecular flexibility index (Phi) is 5.40. The summed E-state index contributed by atoms with van der Waals surface area (Å²) in [7, 11) is 0. The Morgan fingerprint density at radius 2 is 1.54 bits per heavy atom. The van der Waals surface area contributed by atoms with E-state index in [9.17, 15) is 25.2 Å². The molecule has 0 spiro atoms. The standard InChI is InChI=1S/C30H48O5/c1-25(2)14-18-17-8-9-21-27(5)15-19(31)23(33)26(3,4)20(27)10-11-29(21,7)28(17,6)12-13-30(18,24(34)35)16-22(25)32/h8,18-23,31-33H,9-16H2,1-7H3,(H,34,35). The molecule has 0 heterocycles. The van der Waals surface area contributed by atoms with E-state index in [1.54, 1.807) is 0 Å². The van der Waals surface area contributed by atoms with Gasteiger partial charge in [0.2, 0.25) is 0 Å². The van der Waals surface area contributed by atoms with E-state index in [-0.39, 0.29) is 33.0 Å². The first-order chi connectivity index (χ1) is 16.0. The minimum absolute atomic E-state index is 0.00525. The van der Waals surface area contributed by atoms with Gasteiger partial charge in [-0.2, -0.15) is 0 Å². The van der Waals surface area contributed by atoms with Crippen LogP contribution in [0, 0.1) is 50.2 Å². The third-order valence-corrected chi connectivity index (χ3v) is 13.2. The van der Waals surface area contributed by atoms with Crippen molar-refractivity contribution >= 4 is 5.97 Å². The fraction of sp³-hybridized carbons (Fsp3) is 0.900. The third-order valence-electron chi connectivity index (χ3n) is 13.2. The zero-order valence-corrected chi connectivity index (χ0v) is 22.9. The molecule has 10 atom stereocenters. The molecule has 5 rings (SSSR count). The van der Waals surface area contributed by atoms with Crippen molar-refractivity contribution in [3.05, 3.63) is 11.6 Å². The molecular weight excluding hydrogens is 440 g/mol. The summed E-state index contributed by atoms with van der Waals surface area (Å²) in [4.78, 5) is 12.8. The molecule has 0 amide bonds.